The molecule has 1 saturated heterocycles. The van der Waals surface area contributed by atoms with E-state index in [1.807, 2.05) is 39.6 Å². The number of nitrogens with one attached hydrogen (secondary N) is 1. The number of benzene rings is 1. The molecule has 1 atom stereocenters. The van der Waals surface area contributed by atoms with Gasteiger partial charge in [0.05, 0.1) is 28.6 Å². The van der Waals surface area contributed by atoms with Crippen LogP contribution in [0.5, 0.6) is 0 Å². The Morgan fingerprint density at radius 1 is 1.15 bits per heavy atom. The molecule has 1 fully saturated rings. The lowest BCUT2D eigenvalue weighted by Crippen LogP contribution is -2.48. The molecule has 1 aromatic carbocycles. The highest BCUT2D eigenvalue weighted by Crippen LogP contribution is 2.29. The van der Waals surface area contributed by atoms with E-state index in [0.717, 1.165) is 55.5 Å². The summed E-state index contributed by atoms with van der Waals surface area (Å²) in [7, 11) is 2.03. The molecule has 9 heteroatoms. The van der Waals surface area contributed by atoms with Gasteiger partial charge in [0, 0.05) is 63.4 Å². The molecule has 0 aliphatic carbocycles. The van der Waals surface area contributed by atoms with E-state index < -0.39 is 0 Å². The summed E-state index contributed by atoms with van der Waals surface area (Å²) >= 11 is 6.04. The van der Waals surface area contributed by atoms with Crippen molar-refractivity contribution in [2.45, 2.75) is 65.6 Å². The summed E-state index contributed by atoms with van der Waals surface area (Å²) < 4.78 is 2.06. The molecule has 0 radical (unpaired) electrons. The number of likely N-dealkylation sites (tertiary alicyclic amines) is 1. The molecule has 0 spiro atoms. The molecule has 4 aromatic rings. The number of amides is 1. The molecule has 1 aliphatic heterocycles. The van der Waals surface area contributed by atoms with Gasteiger partial charge in [0.15, 0.2) is 0 Å². The van der Waals surface area contributed by atoms with Gasteiger partial charge in [-0.25, -0.2) is 9.97 Å². The predicted molar refractivity (Wildman–Crippen MR) is 166 cm³/mol. The van der Waals surface area contributed by atoms with Crippen molar-refractivity contribution in [3.05, 3.63) is 82.2 Å². The van der Waals surface area contributed by atoms with Gasteiger partial charge < -0.3 is 19.7 Å². The minimum Gasteiger partial charge on any atom is -0.364 e. The molecule has 8 nitrogen and oxygen atoms in total. The fourth-order valence-corrected chi connectivity index (χ4v) is 6.30. The Hall–Kier alpha value is -3.49. The summed E-state index contributed by atoms with van der Waals surface area (Å²) in [6.45, 7) is 11.6. The Morgan fingerprint density at radius 2 is 1.93 bits per heavy atom. The number of imidazole rings is 1. The highest BCUT2D eigenvalue weighted by Gasteiger charge is 2.28. The van der Waals surface area contributed by atoms with E-state index in [1.165, 1.54) is 16.8 Å². The molecule has 0 bridgehead atoms. The zero-order valence-corrected chi connectivity index (χ0v) is 25.4. The normalized spacial score (nSPS) is 15.3. The first-order valence-electron chi connectivity index (χ1n) is 14.4. The van der Waals surface area contributed by atoms with Gasteiger partial charge in [0.25, 0.3) is 5.91 Å². The standard InChI is InChI=1S/C32H40ClN7O/c1-21-8-12-34-18-25(21)19-40(27-6-7-29-28(17-27)36-20-38(29)5)26-10-14-39(15-11-26)23(3)9-13-35-32(41)31-22(2)16-30(33)37-24(31)4/h6-8,12,16-18,20,23,26H,9-11,13-15,19H2,1-5H3,(H,35,41). The third-order valence-corrected chi connectivity index (χ3v) is 8.73. The third kappa shape index (κ3) is 6.54. The molecule has 0 saturated carbocycles. The summed E-state index contributed by atoms with van der Waals surface area (Å²) in [6.07, 6.45) is 8.78. The first-order valence-corrected chi connectivity index (χ1v) is 14.8. The summed E-state index contributed by atoms with van der Waals surface area (Å²) in [6, 6.07) is 11.2. The smallest absolute Gasteiger partial charge is 0.253 e. The van der Waals surface area contributed by atoms with E-state index in [4.69, 9.17) is 11.6 Å². The van der Waals surface area contributed by atoms with Crippen LogP contribution in [0.1, 0.15) is 58.9 Å². The van der Waals surface area contributed by atoms with Crippen LogP contribution in [0.25, 0.3) is 11.0 Å². The van der Waals surface area contributed by atoms with Crippen molar-refractivity contribution in [1.29, 1.82) is 0 Å². The van der Waals surface area contributed by atoms with Gasteiger partial charge in [-0.1, -0.05) is 11.6 Å². The van der Waals surface area contributed by atoms with Crippen molar-refractivity contribution in [1.82, 2.24) is 29.7 Å². The van der Waals surface area contributed by atoms with Gasteiger partial charge >= 0.3 is 0 Å². The number of carbonyl (C=O) groups excluding carboxylic acids is 1. The maximum atomic E-state index is 12.8. The van der Waals surface area contributed by atoms with Crippen molar-refractivity contribution < 1.29 is 4.79 Å². The van der Waals surface area contributed by atoms with Crippen molar-refractivity contribution in [3.8, 4) is 0 Å². The molecule has 1 unspecified atom stereocenters. The lowest BCUT2D eigenvalue weighted by Gasteiger charge is -2.42. The fourth-order valence-electron chi connectivity index (χ4n) is 6.01. The summed E-state index contributed by atoms with van der Waals surface area (Å²) in [5.74, 6) is -0.0821. The Morgan fingerprint density at radius 3 is 2.66 bits per heavy atom. The van der Waals surface area contributed by atoms with Gasteiger partial charge in [-0.15, -0.1) is 0 Å². The molecule has 41 heavy (non-hydrogen) atoms. The monoisotopic (exact) mass is 573 g/mol. The number of anilines is 1. The molecule has 1 N–H and O–H groups in total. The van der Waals surface area contributed by atoms with Gasteiger partial charge in [0.1, 0.15) is 5.15 Å². The van der Waals surface area contributed by atoms with Crippen LogP contribution in [0.4, 0.5) is 5.69 Å². The summed E-state index contributed by atoms with van der Waals surface area (Å²) in [5.41, 5.74) is 8.01. The molecular formula is C32H40ClN7O. The second-order valence-corrected chi connectivity index (χ2v) is 11.7. The van der Waals surface area contributed by atoms with E-state index in [-0.39, 0.29) is 5.91 Å². The average Bonchev–Trinajstić information content (AvgIpc) is 3.32. The number of carbonyl (C=O) groups is 1. The number of hydrogen-bond acceptors (Lipinski definition) is 6. The van der Waals surface area contributed by atoms with Crippen LogP contribution in [-0.4, -0.2) is 62.0 Å². The van der Waals surface area contributed by atoms with E-state index in [1.54, 1.807) is 6.07 Å². The molecule has 1 amide bonds. The van der Waals surface area contributed by atoms with Crippen molar-refractivity contribution in [3.63, 3.8) is 0 Å². The van der Waals surface area contributed by atoms with Gasteiger partial charge in [-0.3, -0.25) is 9.78 Å². The Labute approximate surface area is 247 Å². The Kier molecular flexibility index (Phi) is 8.90. The first kappa shape index (κ1) is 29.0. The highest BCUT2D eigenvalue weighted by atomic mass is 35.5. The first-order chi connectivity index (χ1) is 19.7. The third-order valence-electron chi connectivity index (χ3n) is 8.53. The van der Waals surface area contributed by atoms with E-state index in [2.05, 4.69) is 72.7 Å². The fraction of sp³-hybridized carbons (Fsp3) is 0.438. The number of fused-ring (bicyclic) bond motifs is 1. The minimum absolute atomic E-state index is 0.0821. The van der Waals surface area contributed by atoms with Crippen LogP contribution in [0.2, 0.25) is 5.15 Å². The molecule has 1 aliphatic rings. The number of halogens is 1. The number of piperidine rings is 1. The molecule has 4 heterocycles. The van der Waals surface area contributed by atoms with Crippen LogP contribution >= 0.6 is 11.6 Å². The lowest BCUT2D eigenvalue weighted by molar-refractivity contribution is 0.0943. The number of aromatic nitrogens is 4. The second kappa shape index (κ2) is 12.6. The van der Waals surface area contributed by atoms with Gasteiger partial charge in [-0.2, -0.15) is 0 Å². The summed E-state index contributed by atoms with van der Waals surface area (Å²) in [5, 5.41) is 3.51. The molecule has 3 aromatic heterocycles. The number of rotatable bonds is 9. The second-order valence-electron chi connectivity index (χ2n) is 11.3. The van der Waals surface area contributed by atoms with Gasteiger partial charge in [-0.05, 0) is 94.0 Å². The molecule has 216 valence electrons. The molecular weight excluding hydrogens is 534 g/mol. The maximum Gasteiger partial charge on any atom is 0.253 e. The molecule has 5 rings (SSSR count). The van der Waals surface area contributed by atoms with E-state index >= 15 is 0 Å². The predicted octanol–water partition coefficient (Wildman–Crippen LogP) is 5.62. The quantitative estimate of drug-likeness (QED) is 0.262. The van der Waals surface area contributed by atoms with Crippen LogP contribution in [0.15, 0.2) is 49.1 Å². The van der Waals surface area contributed by atoms with Crippen LogP contribution < -0.4 is 10.2 Å². The van der Waals surface area contributed by atoms with Crippen molar-refractivity contribution >= 4 is 34.2 Å². The zero-order valence-electron chi connectivity index (χ0n) is 24.7. The van der Waals surface area contributed by atoms with Crippen molar-refractivity contribution in [2.24, 2.45) is 7.05 Å². The SMILES string of the molecule is Cc1ccncc1CN(c1ccc2c(c1)ncn2C)C1CCN(C(C)CCNC(=O)c2c(C)cc(Cl)nc2C)CC1. The zero-order chi connectivity index (χ0) is 29.1. The van der Waals surface area contributed by atoms with Gasteiger partial charge in [0.2, 0.25) is 0 Å². The van der Waals surface area contributed by atoms with E-state index in [0.29, 0.717) is 35.0 Å². The van der Waals surface area contributed by atoms with Crippen LogP contribution in [0, 0.1) is 20.8 Å². The van der Waals surface area contributed by atoms with Crippen LogP contribution in [0.3, 0.4) is 0 Å². The van der Waals surface area contributed by atoms with E-state index in [9.17, 15) is 4.79 Å². The average molecular weight is 574 g/mol. The summed E-state index contributed by atoms with van der Waals surface area (Å²) in [4.78, 5) is 31.2. The number of pyridine rings is 2. The topological polar surface area (TPSA) is 79.2 Å². The van der Waals surface area contributed by atoms with Crippen molar-refractivity contribution in [2.75, 3.05) is 24.5 Å². The number of nitrogens with zero attached hydrogens (tertiary/aromatic N) is 6. The number of hydrogen-bond donors (Lipinski definition) is 1. The maximum absolute atomic E-state index is 12.8. The minimum atomic E-state index is -0.0821. The highest BCUT2D eigenvalue weighted by molar-refractivity contribution is 6.29. The number of aryl methyl sites for hydroxylation is 4. The Balaban J connectivity index is 1.21. The lowest BCUT2D eigenvalue weighted by atomic mass is 9.98. The largest absolute Gasteiger partial charge is 0.364 e. The van der Waals surface area contributed by atoms with Crippen LogP contribution in [-0.2, 0) is 13.6 Å². The Bertz CT molecular complexity index is 1500.